The number of hydroxylamine groups is 1. The first-order chi connectivity index (χ1) is 14.2. The zero-order chi connectivity index (χ0) is 20.2. The van der Waals surface area contributed by atoms with Gasteiger partial charge in [0.2, 0.25) is 5.91 Å². The Morgan fingerprint density at radius 3 is 2.69 bits per heavy atom. The number of rotatable bonds is 5. The molecule has 2 amide bonds. The maximum atomic E-state index is 13.3. The van der Waals surface area contributed by atoms with Crippen LogP contribution >= 0.6 is 0 Å². The molecule has 2 aliphatic heterocycles. The van der Waals surface area contributed by atoms with Crippen molar-refractivity contribution in [3.05, 3.63) is 71.3 Å². The fraction of sp³-hybridized carbons (Fsp3) is 0.304. The van der Waals surface area contributed by atoms with E-state index in [2.05, 4.69) is 11.0 Å². The molecule has 0 spiro atoms. The van der Waals surface area contributed by atoms with E-state index in [0.717, 1.165) is 55.7 Å². The molecule has 1 saturated heterocycles. The standard InChI is InChI=1S/C23H25N3O3/c27-22(24-29)12-11-17-7-9-18(10-8-17)16-25-14-3-6-21(25)23(28)26-15-13-19-4-1-2-5-20(19)26/h1-2,4-5,7-12,21,29H,3,6,13-16H2,(H,24,27)/t21-/m0/s1. The Bertz CT molecular complexity index is 923. The predicted octanol–water partition coefficient (Wildman–Crippen LogP) is 2.76. The Hall–Kier alpha value is -2.96. The molecular formula is C23H25N3O3. The molecule has 0 aliphatic carbocycles. The summed E-state index contributed by atoms with van der Waals surface area (Å²) < 4.78 is 0. The Morgan fingerprint density at radius 1 is 1.10 bits per heavy atom. The van der Waals surface area contributed by atoms with Gasteiger partial charge in [0.25, 0.3) is 5.91 Å². The van der Waals surface area contributed by atoms with Gasteiger partial charge in [0.1, 0.15) is 0 Å². The highest BCUT2D eigenvalue weighted by molar-refractivity contribution is 5.99. The maximum Gasteiger partial charge on any atom is 0.267 e. The van der Waals surface area contributed by atoms with Gasteiger partial charge in [0, 0.05) is 24.9 Å². The molecule has 2 N–H and O–H groups in total. The van der Waals surface area contributed by atoms with Crippen molar-refractivity contribution in [1.82, 2.24) is 10.4 Å². The first kappa shape index (κ1) is 19.4. The molecule has 0 aromatic heterocycles. The Morgan fingerprint density at radius 2 is 1.90 bits per heavy atom. The predicted molar refractivity (Wildman–Crippen MR) is 111 cm³/mol. The van der Waals surface area contributed by atoms with Gasteiger partial charge in [-0.3, -0.25) is 19.7 Å². The number of hydrogen-bond acceptors (Lipinski definition) is 4. The Balaban J connectivity index is 1.42. The van der Waals surface area contributed by atoms with Gasteiger partial charge >= 0.3 is 0 Å². The van der Waals surface area contributed by atoms with Crippen molar-refractivity contribution >= 4 is 23.6 Å². The number of amides is 2. The number of likely N-dealkylation sites (tertiary alicyclic amines) is 1. The van der Waals surface area contributed by atoms with E-state index in [9.17, 15) is 9.59 Å². The second-order valence-electron chi connectivity index (χ2n) is 7.55. The van der Waals surface area contributed by atoms with Gasteiger partial charge in [0.05, 0.1) is 6.04 Å². The number of carbonyl (C=O) groups is 2. The van der Waals surface area contributed by atoms with Gasteiger partial charge in [-0.2, -0.15) is 0 Å². The molecule has 2 aromatic carbocycles. The van der Waals surface area contributed by atoms with E-state index in [-0.39, 0.29) is 11.9 Å². The van der Waals surface area contributed by atoms with E-state index in [0.29, 0.717) is 0 Å². The Labute approximate surface area is 170 Å². The number of hydrogen-bond donors (Lipinski definition) is 2. The highest BCUT2D eigenvalue weighted by Crippen LogP contribution is 2.31. The normalized spacial score (nSPS) is 18.9. The number of fused-ring (bicyclic) bond motifs is 1. The fourth-order valence-electron chi connectivity index (χ4n) is 4.22. The number of nitrogens with zero attached hydrogens (tertiary/aromatic N) is 2. The molecule has 4 rings (SSSR count). The van der Waals surface area contributed by atoms with Crippen molar-refractivity contribution in [2.75, 3.05) is 18.0 Å². The summed E-state index contributed by atoms with van der Waals surface area (Å²) in [5.41, 5.74) is 5.90. The monoisotopic (exact) mass is 391 g/mol. The molecule has 0 bridgehead atoms. The van der Waals surface area contributed by atoms with Crippen LogP contribution in [0.5, 0.6) is 0 Å². The van der Waals surface area contributed by atoms with E-state index in [1.807, 2.05) is 47.4 Å². The average molecular weight is 391 g/mol. The molecule has 150 valence electrons. The van der Waals surface area contributed by atoms with Crippen LogP contribution in [0.1, 0.15) is 29.5 Å². The second-order valence-corrected chi connectivity index (χ2v) is 7.55. The molecule has 2 aliphatic rings. The van der Waals surface area contributed by atoms with Crippen LogP contribution in [0.3, 0.4) is 0 Å². The zero-order valence-electron chi connectivity index (χ0n) is 16.3. The Kier molecular flexibility index (Phi) is 5.74. The van der Waals surface area contributed by atoms with E-state index in [1.165, 1.54) is 11.6 Å². The molecule has 1 atom stereocenters. The highest BCUT2D eigenvalue weighted by atomic mass is 16.5. The lowest BCUT2D eigenvalue weighted by Crippen LogP contribution is -2.45. The highest BCUT2D eigenvalue weighted by Gasteiger charge is 2.36. The summed E-state index contributed by atoms with van der Waals surface area (Å²) in [7, 11) is 0. The largest absolute Gasteiger partial charge is 0.310 e. The molecule has 2 aromatic rings. The lowest BCUT2D eigenvalue weighted by Gasteiger charge is -2.28. The topological polar surface area (TPSA) is 72.9 Å². The number of nitrogens with one attached hydrogen (secondary N) is 1. The first-order valence-corrected chi connectivity index (χ1v) is 10.00. The van der Waals surface area contributed by atoms with Crippen molar-refractivity contribution < 1.29 is 14.8 Å². The molecule has 29 heavy (non-hydrogen) atoms. The smallest absolute Gasteiger partial charge is 0.267 e. The van der Waals surface area contributed by atoms with Crippen molar-refractivity contribution in [1.29, 1.82) is 0 Å². The van der Waals surface area contributed by atoms with Crippen LogP contribution in [0.15, 0.2) is 54.6 Å². The minimum atomic E-state index is -0.559. The molecule has 1 fully saturated rings. The summed E-state index contributed by atoms with van der Waals surface area (Å²) in [6.45, 7) is 2.42. The minimum absolute atomic E-state index is 0.0750. The van der Waals surface area contributed by atoms with Crippen LogP contribution in [0.25, 0.3) is 6.08 Å². The van der Waals surface area contributed by atoms with Gasteiger partial charge in [-0.15, -0.1) is 0 Å². The van der Waals surface area contributed by atoms with Gasteiger partial charge < -0.3 is 4.90 Å². The lowest BCUT2D eigenvalue weighted by atomic mass is 10.1. The van der Waals surface area contributed by atoms with Crippen LogP contribution in [-0.4, -0.2) is 41.1 Å². The minimum Gasteiger partial charge on any atom is -0.310 e. The summed E-state index contributed by atoms with van der Waals surface area (Å²) >= 11 is 0. The van der Waals surface area contributed by atoms with Crippen LogP contribution < -0.4 is 10.4 Å². The van der Waals surface area contributed by atoms with E-state index in [1.54, 1.807) is 11.6 Å². The number of para-hydroxylation sites is 1. The first-order valence-electron chi connectivity index (χ1n) is 10.00. The quantitative estimate of drug-likeness (QED) is 0.467. The molecule has 6 nitrogen and oxygen atoms in total. The second kappa shape index (κ2) is 8.59. The van der Waals surface area contributed by atoms with Gasteiger partial charge in [-0.1, -0.05) is 42.5 Å². The van der Waals surface area contributed by atoms with Crippen molar-refractivity contribution in [3.8, 4) is 0 Å². The van der Waals surface area contributed by atoms with Crippen LogP contribution in [0.2, 0.25) is 0 Å². The lowest BCUT2D eigenvalue weighted by molar-refractivity contribution is -0.124. The van der Waals surface area contributed by atoms with Crippen molar-refractivity contribution in [3.63, 3.8) is 0 Å². The summed E-state index contributed by atoms with van der Waals surface area (Å²) in [5.74, 6) is -0.349. The summed E-state index contributed by atoms with van der Waals surface area (Å²) in [6, 6.07) is 16.0. The third kappa shape index (κ3) is 4.23. The van der Waals surface area contributed by atoms with E-state index >= 15 is 0 Å². The zero-order valence-corrected chi connectivity index (χ0v) is 16.3. The molecule has 6 heteroatoms. The molecule has 0 radical (unpaired) electrons. The summed E-state index contributed by atoms with van der Waals surface area (Å²) in [6.07, 6.45) is 5.77. The molecular weight excluding hydrogens is 366 g/mol. The van der Waals surface area contributed by atoms with E-state index < -0.39 is 5.91 Å². The summed E-state index contributed by atoms with van der Waals surface area (Å²) in [5, 5.41) is 8.53. The molecule has 0 unspecified atom stereocenters. The number of carbonyl (C=O) groups excluding carboxylic acids is 2. The number of anilines is 1. The van der Waals surface area contributed by atoms with Crippen LogP contribution in [0, 0.1) is 0 Å². The summed E-state index contributed by atoms with van der Waals surface area (Å²) in [4.78, 5) is 28.6. The molecule has 2 heterocycles. The number of benzene rings is 2. The van der Waals surface area contributed by atoms with Crippen LogP contribution in [0.4, 0.5) is 5.69 Å². The molecule has 0 saturated carbocycles. The fourth-order valence-corrected chi connectivity index (χ4v) is 4.22. The van der Waals surface area contributed by atoms with Crippen molar-refractivity contribution in [2.24, 2.45) is 0 Å². The maximum absolute atomic E-state index is 13.3. The third-order valence-electron chi connectivity index (χ3n) is 5.70. The van der Waals surface area contributed by atoms with Gasteiger partial charge in [-0.05, 0) is 54.6 Å². The van der Waals surface area contributed by atoms with Gasteiger partial charge in [0.15, 0.2) is 0 Å². The van der Waals surface area contributed by atoms with Gasteiger partial charge in [-0.25, -0.2) is 5.48 Å². The van der Waals surface area contributed by atoms with E-state index in [4.69, 9.17) is 5.21 Å². The van der Waals surface area contributed by atoms with Crippen molar-refractivity contribution in [2.45, 2.75) is 31.8 Å². The third-order valence-corrected chi connectivity index (χ3v) is 5.70. The average Bonchev–Trinajstić information content (AvgIpc) is 3.39. The SMILES string of the molecule is O=C(C=Cc1ccc(CN2CCC[C@H]2C(=O)N2CCc3ccccc32)cc1)NO. The van der Waals surface area contributed by atoms with Crippen LogP contribution in [-0.2, 0) is 22.6 Å².